The lowest BCUT2D eigenvalue weighted by atomic mass is 9.95. The zero-order chi connectivity index (χ0) is 35.1. The molecule has 2 aromatic rings. The van der Waals surface area contributed by atoms with Gasteiger partial charge in [0.2, 0.25) is 11.0 Å². The van der Waals surface area contributed by atoms with Crippen LogP contribution in [0.25, 0.3) is 0 Å². The molecule has 262 valence electrons. The molecular formula is C33H50Cl2N6O5S. The second-order valence-corrected chi connectivity index (χ2v) is 16.2. The number of nitrogens with zero attached hydrogens (tertiary/aromatic N) is 5. The van der Waals surface area contributed by atoms with E-state index in [0.717, 1.165) is 6.42 Å². The van der Waals surface area contributed by atoms with Crippen LogP contribution in [0.4, 0.5) is 14.7 Å². The Morgan fingerprint density at radius 3 is 2.32 bits per heavy atom. The highest BCUT2D eigenvalue weighted by Crippen LogP contribution is 2.27. The first-order chi connectivity index (χ1) is 21.8. The van der Waals surface area contributed by atoms with Crippen molar-refractivity contribution < 1.29 is 23.9 Å². The van der Waals surface area contributed by atoms with Gasteiger partial charge in [0.1, 0.15) is 22.8 Å². The van der Waals surface area contributed by atoms with Crippen molar-refractivity contribution in [3.63, 3.8) is 0 Å². The van der Waals surface area contributed by atoms with Crippen molar-refractivity contribution >= 4 is 57.8 Å². The number of hydrogen-bond acceptors (Lipinski definition) is 9. The van der Waals surface area contributed by atoms with Gasteiger partial charge in [0, 0.05) is 48.2 Å². The van der Waals surface area contributed by atoms with Crippen molar-refractivity contribution in [3.8, 4) is 0 Å². The maximum absolute atomic E-state index is 14.5. The fourth-order valence-corrected chi connectivity index (χ4v) is 6.58. The summed E-state index contributed by atoms with van der Waals surface area (Å²) in [5.41, 5.74) is 0.827. The van der Waals surface area contributed by atoms with E-state index in [2.05, 4.69) is 41.3 Å². The summed E-state index contributed by atoms with van der Waals surface area (Å²) in [4.78, 5) is 46.4. The molecular weight excluding hydrogens is 663 g/mol. The monoisotopic (exact) mass is 712 g/mol. The summed E-state index contributed by atoms with van der Waals surface area (Å²) in [5.74, 6) is 0.204. The molecule has 0 bridgehead atoms. The highest BCUT2D eigenvalue weighted by atomic mass is 35.5. The molecule has 1 N–H and O–H groups in total. The average Bonchev–Trinajstić information content (AvgIpc) is 3.45. The summed E-state index contributed by atoms with van der Waals surface area (Å²) in [6.45, 7) is 16.6. The number of anilines is 1. The molecule has 0 saturated carbocycles. The molecule has 11 nitrogen and oxygen atoms in total. The van der Waals surface area contributed by atoms with Gasteiger partial charge < -0.3 is 19.7 Å². The highest BCUT2D eigenvalue weighted by Gasteiger charge is 2.39. The molecule has 1 aliphatic rings. The number of amides is 3. The third-order valence-electron chi connectivity index (χ3n) is 7.54. The first-order valence-electron chi connectivity index (χ1n) is 16.0. The van der Waals surface area contributed by atoms with Crippen LogP contribution in [-0.4, -0.2) is 94.1 Å². The Balaban J connectivity index is 1.89. The van der Waals surface area contributed by atoms with Gasteiger partial charge in [0.05, 0.1) is 0 Å². The van der Waals surface area contributed by atoms with E-state index in [0.29, 0.717) is 59.1 Å². The molecule has 0 unspecified atom stereocenters. The average molecular weight is 714 g/mol. The van der Waals surface area contributed by atoms with E-state index in [9.17, 15) is 14.4 Å². The summed E-state index contributed by atoms with van der Waals surface area (Å²) in [5, 5.41) is 12.2. The van der Waals surface area contributed by atoms with Crippen LogP contribution in [0.2, 0.25) is 10.0 Å². The first kappa shape index (κ1) is 38.8. The smallest absolute Gasteiger partial charge is 0.416 e. The molecule has 0 spiro atoms. The van der Waals surface area contributed by atoms with Crippen molar-refractivity contribution in [2.24, 2.45) is 5.92 Å². The number of benzene rings is 1. The Morgan fingerprint density at radius 2 is 1.74 bits per heavy atom. The van der Waals surface area contributed by atoms with E-state index in [1.54, 1.807) is 44.5 Å². The molecule has 2 heterocycles. The van der Waals surface area contributed by atoms with Crippen LogP contribution in [0.1, 0.15) is 80.2 Å². The number of alkyl carbamates (subject to hydrolysis) is 1. The summed E-state index contributed by atoms with van der Waals surface area (Å²) in [6.07, 6.45) is 1.05. The fourth-order valence-electron chi connectivity index (χ4n) is 5.52. The van der Waals surface area contributed by atoms with E-state index >= 15 is 0 Å². The number of hydrogen-bond donors (Lipinski definition) is 1. The van der Waals surface area contributed by atoms with E-state index in [-0.39, 0.29) is 24.4 Å². The Morgan fingerprint density at radius 1 is 1.06 bits per heavy atom. The SMILES string of the molecule is CC(C)C[C@@H]1CN(C(=O)[C@H](Cc2ccc(Cl)cc2Cl)NC(=O)OC(C)(C)C)[C@@H](CCCN(C(=O)OC(C)(C)C)c2nncs2)CN1C. The number of carbonyl (C=O) groups is 3. The van der Waals surface area contributed by atoms with E-state index in [1.807, 2.05) is 25.7 Å². The lowest BCUT2D eigenvalue weighted by Gasteiger charge is -2.47. The predicted molar refractivity (Wildman–Crippen MR) is 187 cm³/mol. The summed E-state index contributed by atoms with van der Waals surface area (Å²) < 4.78 is 11.2. The molecule has 1 aliphatic heterocycles. The minimum Gasteiger partial charge on any atom is -0.444 e. The Bertz CT molecular complexity index is 1350. The number of piperazine rings is 1. The number of nitrogens with one attached hydrogen (secondary N) is 1. The second kappa shape index (κ2) is 16.6. The molecule has 47 heavy (non-hydrogen) atoms. The summed E-state index contributed by atoms with van der Waals surface area (Å²) in [6, 6.07) is 4.12. The van der Waals surface area contributed by atoms with Crippen LogP contribution < -0.4 is 10.2 Å². The van der Waals surface area contributed by atoms with E-state index in [4.69, 9.17) is 32.7 Å². The number of likely N-dealkylation sites (N-methyl/N-ethyl adjacent to an activating group) is 1. The lowest BCUT2D eigenvalue weighted by molar-refractivity contribution is -0.140. The van der Waals surface area contributed by atoms with Crippen LogP contribution in [0, 0.1) is 5.92 Å². The van der Waals surface area contributed by atoms with Crippen LogP contribution in [0.5, 0.6) is 0 Å². The molecule has 14 heteroatoms. The molecule has 1 aromatic carbocycles. The minimum atomic E-state index is -0.936. The Labute approximate surface area is 293 Å². The topological polar surface area (TPSA) is 117 Å². The van der Waals surface area contributed by atoms with Gasteiger partial charge in [-0.1, -0.05) is 54.5 Å². The Kier molecular flexibility index (Phi) is 13.7. The van der Waals surface area contributed by atoms with Crippen molar-refractivity contribution in [1.29, 1.82) is 0 Å². The number of aromatic nitrogens is 2. The Hall–Kier alpha value is -2.67. The van der Waals surface area contributed by atoms with Gasteiger partial charge in [-0.2, -0.15) is 0 Å². The van der Waals surface area contributed by atoms with Gasteiger partial charge >= 0.3 is 12.2 Å². The third kappa shape index (κ3) is 12.4. The first-order valence-corrected chi connectivity index (χ1v) is 17.7. The molecule has 3 amide bonds. The van der Waals surface area contributed by atoms with Gasteiger partial charge in [-0.3, -0.25) is 14.6 Å². The minimum absolute atomic E-state index is 0.135. The van der Waals surface area contributed by atoms with Crippen molar-refractivity contribution in [2.75, 3.05) is 31.6 Å². The fraction of sp³-hybridized carbons (Fsp3) is 0.667. The van der Waals surface area contributed by atoms with Gasteiger partial charge in [0.25, 0.3) is 0 Å². The van der Waals surface area contributed by atoms with Crippen molar-refractivity contribution in [2.45, 2.75) is 110 Å². The standard InChI is InChI=1S/C33H50Cl2N6O5S/c1-21(2)15-25-19-41(28(42)27(37-30(43)45-32(3,4)5)16-22-12-13-23(34)17-26(22)35)24(18-39(25)9)11-10-14-40(29-38-36-20-47-29)31(44)46-33(6,7)8/h12-13,17,20-21,24-25,27H,10-11,14-16,18-19H2,1-9H3,(H,37,43)/t24-,25+,27-/m0/s1. The van der Waals surface area contributed by atoms with Crippen molar-refractivity contribution in [3.05, 3.63) is 39.3 Å². The number of rotatable bonds is 11. The largest absolute Gasteiger partial charge is 0.444 e. The quantitative estimate of drug-likeness (QED) is 0.263. The number of carbonyl (C=O) groups excluding carboxylic acids is 3. The predicted octanol–water partition coefficient (Wildman–Crippen LogP) is 7.06. The highest BCUT2D eigenvalue weighted by molar-refractivity contribution is 7.13. The van der Waals surface area contributed by atoms with Crippen LogP contribution in [0.15, 0.2) is 23.7 Å². The van der Waals surface area contributed by atoms with Crippen LogP contribution in [0.3, 0.4) is 0 Å². The number of ether oxygens (including phenoxy) is 2. The van der Waals surface area contributed by atoms with Gasteiger partial charge in [-0.05, 0) is 91.5 Å². The van der Waals surface area contributed by atoms with Crippen LogP contribution >= 0.6 is 34.5 Å². The maximum atomic E-state index is 14.5. The molecule has 0 aliphatic carbocycles. The van der Waals surface area contributed by atoms with E-state index < -0.39 is 29.4 Å². The third-order valence-corrected chi connectivity index (χ3v) is 8.84. The number of halogens is 2. The summed E-state index contributed by atoms with van der Waals surface area (Å²) >= 11 is 13.9. The normalized spacial score (nSPS) is 18.2. The lowest BCUT2D eigenvalue weighted by Crippen LogP contribution is -2.62. The summed E-state index contributed by atoms with van der Waals surface area (Å²) in [7, 11) is 2.08. The zero-order valence-corrected chi connectivity index (χ0v) is 31.3. The second-order valence-electron chi connectivity index (χ2n) is 14.5. The van der Waals surface area contributed by atoms with Gasteiger partial charge in [-0.15, -0.1) is 10.2 Å². The van der Waals surface area contributed by atoms with E-state index in [1.165, 1.54) is 16.2 Å². The molecule has 3 atom stereocenters. The molecule has 1 fully saturated rings. The van der Waals surface area contributed by atoms with Crippen LogP contribution in [-0.2, 0) is 20.7 Å². The van der Waals surface area contributed by atoms with Crippen molar-refractivity contribution in [1.82, 2.24) is 25.3 Å². The van der Waals surface area contributed by atoms with Gasteiger partial charge in [-0.25, -0.2) is 9.59 Å². The maximum Gasteiger partial charge on any atom is 0.416 e. The molecule has 0 radical (unpaired) electrons. The molecule has 1 saturated heterocycles. The molecule has 3 rings (SSSR count). The zero-order valence-electron chi connectivity index (χ0n) is 29.0. The molecule has 1 aromatic heterocycles. The van der Waals surface area contributed by atoms with Gasteiger partial charge in [0.15, 0.2) is 0 Å².